The molecule has 0 aliphatic rings. The Morgan fingerprint density at radius 1 is 1.06 bits per heavy atom. The molecule has 0 atom stereocenters. The first-order chi connectivity index (χ1) is 16.1. The number of aromatic nitrogens is 3. The average Bonchev–Trinajstić information content (AvgIpc) is 3.47. The van der Waals surface area contributed by atoms with Gasteiger partial charge < -0.3 is 9.88 Å². The monoisotopic (exact) mass is 479 g/mol. The lowest BCUT2D eigenvalue weighted by molar-refractivity contribution is -0.383. The van der Waals surface area contributed by atoms with Gasteiger partial charge in [-0.05, 0) is 29.5 Å². The van der Waals surface area contributed by atoms with Crippen LogP contribution in [0.5, 0.6) is 0 Å². The van der Waals surface area contributed by atoms with Gasteiger partial charge in [-0.25, -0.2) is 0 Å². The molecule has 0 saturated carbocycles. The van der Waals surface area contributed by atoms with Gasteiger partial charge in [-0.15, -0.1) is 21.5 Å². The zero-order valence-corrected chi connectivity index (χ0v) is 19.2. The molecule has 0 unspecified atom stereocenters. The van der Waals surface area contributed by atoms with Gasteiger partial charge in [0.1, 0.15) is 11.5 Å². The Hall–Kier alpha value is -3.50. The number of nitrogens with zero attached hydrogens (tertiary/aromatic N) is 4. The van der Waals surface area contributed by atoms with Gasteiger partial charge in [0.25, 0.3) is 5.69 Å². The summed E-state index contributed by atoms with van der Waals surface area (Å²) in [5.41, 5.74) is 1.25. The Labute approximate surface area is 198 Å². The van der Waals surface area contributed by atoms with Crippen molar-refractivity contribution in [3.8, 4) is 0 Å². The molecule has 4 aromatic rings. The van der Waals surface area contributed by atoms with Crippen molar-refractivity contribution in [3.05, 3.63) is 98.5 Å². The number of thiophene rings is 1. The summed E-state index contributed by atoms with van der Waals surface area (Å²) >= 11 is 2.93. The van der Waals surface area contributed by atoms with Gasteiger partial charge in [-0.2, -0.15) is 0 Å². The molecule has 2 heterocycles. The topological polar surface area (TPSA) is 103 Å². The third-order valence-electron chi connectivity index (χ3n) is 4.88. The first-order valence-corrected chi connectivity index (χ1v) is 12.1. The fraction of sp³-hybridized carbons (Fsp3) is 0.174. The molecule has 0 radical (unpaired) electrons. The maximum Gasteiger partial charge on any atom is 0.292 e. The summed E-state index contributed by atoms with van der Waals surface area (Å²) in [4.78, 5) is 24.4. The van der Waals surface area contributed by atoms with Crippen LogP contribution >= 0.6 is 23.1 Å². The number of para-hydroxylation sites is 2. The number of amides is 1. The highest BCUT2D eigenvalue weighted by Crippen LogP contribution is 2.25. The van der Waals surface area contributed by atoms with Crippen LogP contribution in [0.4, 0.5) is 11.4 Å². The Balaban J connectivity index is 1.46. The lowest BCUT2D eigenvalue weighted by atomic mass is 10.1. The summed E-state index contributed by atoms with van der Waals surface area (Å²) in [6, 6.07) is 20.3. The minimum absolute atomic E-state index is 0.0640. The number of hydrogen-bond acceptors (Lipinski definition) is 7. The molecule has 1 amide bonds. The maximum atomic E-state index is 12.5. The Kier molecular flexibility index (Phi) is 7.48. The first kappa shape index (κ1) is 22.7. The Morgan fingerprint density at radius 3 is 2.61 bits per heavy atom. The molecule has 33 heavy (non-hydrogen) atoms. The fourth-order valence-electron chi connectivity index (χ4n) is 3.29. The number of carbonyl (C=O) groups is 1. The zero-order chi connectivity index (χ0) is 23.0. The summed E-state index contributed by atoms with van der Waals surface area (Å²) in [5.74, 6) is 0.566. The van der Waals surface area contributed by atoms with Crippen LogP contribution in [0.2, 0.25) is 0 Å². The highest BCUT2D eigenvalue weighted by atomic mass is 32.2. The van der Waals surface area contributed by atoms with Crippen LogP contribution < -0.4 is 5.32 Å². The van der Waals surface area contributed by atoms with Crippen LogP contribution in [0.3, 0.4) is 0 Å². The number of carbonyl (C=O) groups excluding carboxylic acids is 1. The number of anilines is 1. The second-order valence-corrected chi connectivity index (χ2v) is 9.13. The van der Waals surface area contributed by atoms with Gasteiger partial charge in [0.15, 0.2) is 5.16 Å². The normalized spacial score (nSPS) is 10.8. The Bertz CT molecular complexity index is 1230. The molecule has 8 nitrogen and oxygen atoms in total. The van der Waals surface area contributed by atoms with Gasteiger partial charge in [-0.3, -0.25) is 14.9 Å². The van der Waals surface area contributed by atoms with Crippen LogP contribution in [0.1, 0.15) is 16.3 Å². The van der Waals surface area contributed by atoms with Crippen molar-refractivity contribution in [2.75, 3.05) is 11.1 Å². The molecule has 0 fully saturated rings. The van der Waals surface area contributed by atoms with Crippen LogP contribution in [0, 0.1) is 10.1 Å². The number of nitro benzene ring substituents is 1. The second-order valence-electron chi connectivity index (χ2n) is 7.15. The van der Waals surface area contributed by atoms with E-state index in [9.17, 15) is 14.9 Å². The number of hydrogen-bond donors (Lipinski definition) is 1. The molecule has 4 rings (SSSR count). The van der Waals surface area contributed by atoms with Crippen molar-refractivity contribution in [1.29, 1.82) is 0 Å². The summed E-state index contributed by atoms with van der Waals surface area (Å²) < 4.78 is 2.05. The van der Waals surface area contributed by atoms with E-state index in [0.29, 0.717) is 18.1 Å². The third kappa shape index (κ3) is 6.05. The molecular weight excluding hydrogens is 458 g/mol. The van der Waals surface area contributed by atoms with Crippen LogP contribution in [-0.2, 0) is 24.2 Å². The summed E-state index contributed by atoms with van der Waals surface area (Å²) in [7, 11) is 0. The molecule has 10 heteroatoms. The molecule has 1 N–H and O–H groups in total. The van der Waals surface area contributed by atoms with Crippen molar-refractivity contribution in [1.82, 2.24) is 14.8 Å². The number of aryl methyl sites for hydroxylation is 1. The molecule has 0 aliphatic carbocycles. The molecule has 0 spiro atoms. The van der Waals surface area contributed by atoms with E-state index in [2.05, 4.69) is 38.3 Å². The number of rotatable bonds is 10. The zero-order valence-electron chi connectivity index (χ0n) is 17.6. The number of thioether (sulfide) groups is 1. The largest absolute Gasteiger partial charge is 0.320 e. The lowest BCUT2D eigenvalue weighted by Gasteiger charge is -2.10. The van der Waals surface area contributed by atoms with E-state index in [4.69, 9.17) is 0 Å². The standard InChI is InChI=1S/C23H21N5O3S2/c29-22(24-19-10-4-5-11-20(19)28(30)31)16-33-23-26-25-21(15-18-9-6-14-32-18)27(23)13-12-17-7-2-1-3-8-17/h1-11,14H,12-13,15-16H2,(H,24,29). The summed E-state index contributed by atoms with van der Waals surface area (Å²) in [5, 5.41) is 25.2. The van der Waals surface area contributed by atoms with Crippen molar-refractivity contribution < 1.29 is 9.72 Å². The minimum Gasteiger partial charge on any atom is -0.320 e. The predicted octanol–water partition coefficient (Wildman–Crippen LogP) is 4.81. The first-order valence-electron chi connectivity index (χ1n) is 10.2. The van der Waals surface area contributed by atoms with Gasteiger partial charge >= 0.3 is 0 Å². The van der Waals surface area contributed by atoms with Gasteiger partial charge in [0, 0.05) is 23.9 Å². The van der Waals surface area contributed by atoms with E-state index in [1.165, 1.54) is 34.3 Å². The van der Waals surface area contributed by atoms with E-state index in [-0.39, 0.29) is 23.0 Å². The second kappa shape index (κ2) is 10.9. The lowest BCUT2D eigenvalue weighted by Crippen LogP contribution is -2.16. The number of nitro groups is 1. The molecule has 168 valence electrons. The SMILES string of the molecule is O=C(CSc1nnc(Cc2cccs2)n1CCc1ccccc1)Nc1ccccc1[N+](=O)[O-]. The number of benzene rings is 2. The highest BCUT2D eigenvalue weighted by molar-refractivity contribution is 7.99. The molecule has 0 aliphatic heterocycles. The number of nitrogens with one attached hydrogen (secondary N) is 1. The molecule has 2 aromatic heterocycles. The van der Waals surface area contributed by atoms with E-state index >= 15 is 0 Å². The van der Waals surface area contributed by atoms with Gasteiger partial charge in [0.2, 0.25) is 5.91 Å². The maximum absolute atomic E-state index is 12.5. The Morgan fingerprint density at radius 2 is 1.85 bits per heavy atom. The molecule has 0 saturated heterocycles. The molecule has 2 aromatic carbocycles. The van der Waals surface area contributed by atoms with Crippen molar-refractivity contribution in [3.63, 3.8) is 0 Å². The highest BCUT2D eigenvalue weighted by Gasteiger charge is 2.18. The van der Waals surface area contributed by atoms with Gasteiger partial charge in [0.05, 0.1) is 10.7 Å². The molecule has 0 bridgehead atoms. The minimum atomic E-state index is -0.514. The van der Waals surface area contributed by atoms with Crippen molar-refractivity contribution >= 4 is 40.4 Å². The predicted molar refractivity (Wildman–Crippen MR) is 130 cm³/mol. The van der Waals surface area contributed by atoms with Crippen molar-refractivity contribution in [2.24, 2.45) is 0 Å². The van der Waals surface area contributed by atoms with E-state index in [1.54, 1.807) is 23.5 Å². The van der Waals surface area contributed by atoms with E-state index in [0.717, 1.165) is 12.2 Å². The summed E-state index contributed by atoms with van der Waals surface area (Å²) in [6.45, 7) is 0.686. The summed E-state index contributed by atoms with van der Waals surface area (Å²) in [6.07, 6.45) is 1.48. The molecular formula is C23H21N5O3S2. The fourth-order valence-corrected chi connectivity index (χ4v) is 4.78. The van der Waals surface area contributed by atoms with E-state index in [1.807, 2.05) is 29.6 Å². The van der Waals surface area contributed by atoms with Crippen molar-refractivity contribution in [2.45, 2.75) is 24.5 Å². The van der Waals surface area contributed by atoms with Crippen LogP contribution in [0.15, 0.2) is 77.3 Å². The quantitative estimate of drug-likeness (QED) is 0.199. The van der Waals surface area contributed by atoms with E-state index < -0.39 is 4.92 Å². The average molecular weight is 480 g/mol. The smallest absolute Gasteiger partial charge is 0.292 e. The third-order valence-corrected chi connectivity index (χ3v) is 6.72. The van der Waals surface area contributed by atoms with Crippen LogP contribution in [0.25, 0.3) is 0 Å². The van der Waals surface area contributed by atoms with Gasteiger partial charge in [-0.1, -0.05) is 60.3 Å². The van der Waals surface area contributed by atoms with Crippen LogP contribution in [-0.4, -0.2) is 31.3 Å².